The number of carbonyl (C=O) groups excluding carboxylic acids is 3. The zero-order valence-corrected chi connectivity index (χ0v) is 16.9. The van der Waals surface area contributed by atoms with Crippen molar-refractivity contribution in [2.75, 3.05) is 13.1 Å². The minimum Gasteiger partial charge on any atom is -0.480 e. The predicted molar refractivity (Wildman–Crippen MR) is 110 cm³/mol. The molecule has 0 aliphatic rings. The molecule has 0 fully saturated rings. The number of aliphatic carboxylic acids is 1. The number of aromatic nitrogens is 1. The molecule has 3 amide bonds. The van der Waals surface area contributed by atoms with E-state index in [0.29, 0.717) is 0 Å². The van der Waals surface area contributed by atoms with E-state index in [1.165, 1.54) is 0 Å². The number of carboxylic acids is 1. The molecule has 1 heterocycles. The summed E-state index contributed by atoms with van der Waals surface area (Å²) in [6.45, 7) is 2.86. The lowest BCUT2D eigenvalue weighted by atomic mass is 10.0. The molecule has 162 valence electrons. The highest BCUT2D eigenvalue weighted by Crippen LogP contribution is 2.19. The van der Waals surface area contributed by atoms with Crippen molar-refractivity contribution >= 4 is 34.6 Å². The second-order valence-corrected chi connectivity index (χ2v) is 7.23. The van der Waals surface area contributed by atoms with Crippen molar-refractivity contribution in [3.05, 3.63) is 36.0 Å². The maximum absolute atomic E-state index is 12.7. The smallest absolute Gasteiger partial charge is 0.326 e. The Morgan fingerprint density at radius 1 is 1.10 bits per heavy atom. The number of amides is 3. The summed E-state index contributed by atoms with van der Waals surface area (Å²) in [5.41, 5.74) is 6.79. The van der Waals surface area contributed by atoms with Crippen LogP contribution in [0, 0.1) is 5.92 Å². The summed E-state index contributed by atoms with van der Waals surface area (Å²) in [5, 5.41) is 17.8. The van der Waals surface area contributed by atoms with Crippen LogP contribution >= 0.6 is 0 Å². The molecule has 2 rings (SSSR count). The number of hydrogen-bond donors (Lipinski definition) is 6. The number of para-hydroxylation sites is 1. The topological polar surface area (TPSA) is 166 Å². The molecule has 0 unspecified atom stereocenters. The van der Waals surface area contributed by atoms with Crippen LogP contribution in [0.25, 0.3) is 10.9 Å². The number of carbonyl (C=O) groups is 4. The van der Waals surface area contributed by atoms with E-state index in [4.69, 9.17) is 5.73 Å². The van der Waals surface area contributed by atoms with Crippen LogP contribution < -0.4 is 21.7 Å². The highest BCUT2D eigenvalue weighted by Gasteiger charge is 2.29. The van der Waals surface area contributed by atoms with Crippen LogP contribution in [0.3, 0.4) is 0 Å². The summed E-state index contributed by atoms with van der Waals surface area (Å²) in [6.07, 6.45) is 1.80. The molecular formula is C20H27N5O5. The van der Waals surface area contributed by atoms with E-state index in [0.717, 1.165) is 16.5 Å². The third-order valence-electron chi connectivity index (χ3n) is 4.61. The molecule has 0 aliphatic carbocycles. The van der Waals surface area contributed by atoms with Gasteiger partial charge in [0.25, 0.3) is 0 Å². The maximum Gasteiger partial charge on any atom is 0.326 e. The first-order chi connectivity index (χ1) is 14.2. The standard InChI is InChI=1S/C20H27N5O5/c1-11(2)18(25-17(27)10-23-16(26)8-21)19(28)24-15(20(29)30)7-12-9-22-14-6-4-3-5-13(12)14/h3-6,9,11,15,18,22H,7-8,10,21H2,1-2H3,(H,23,26)(H,24,28)(H,25,27)(H,29,30)/t15-,18-/m0/s1. The summed E-state index contributed by atoms with van der Waals surface area (Å²) in [6, 6.07) is 5.33. The first kappa shape index (κ1) is 22.9. The molecule has 7 N–H and O–H groups in total. The first-order valence-corrected chi connectivity index (χ1v) is 9.57. The fourth-order valence-corrected chi connectivity index (χ4v) is 2.99. The van der Waals surface area contributed by atoms with Gasteiger partial charge < -0.3 is 31.8 Å². The van der Waals surface area contributed by atoms with Crippen LogP contribution in [-0.2, 0) is 25.6 Å². The Labute approximate surface area is 173 Å². The highest BCUT2D eigenvalue weighted by molar-refractivity contribution is 5.92. The lowest BCUT2D eigenvalue weighted by Gasteiger charge is -2.24. The third-order valence-corrected chi connectivity index (χ3v) is 4.61. The van der Waals surface area contributed by atoms with Crippen molar-refractivity contribution in [2.45, 2.75) is 32.4 Å². The fraction of sp³-hybridized carbons (Fsp3) is 0.400. The molecule has 0 saturated heterocycles. The Morgan fingerprint density at radius 3 is 2.43 bits per heavy atom. The van der Waals surface area contributed by atoms with Gasteiger partial charge in [-0.15, -0.1) is 0 Å². The second kappa shape index (κ2) is 10.4. The van der Waals surface area contributed by atoms with Gasteiger partial charge in [-0.25, -0.2) is 4.79 Å². The Balaban J connectivity index is 2.06. The molecule has 0 saturated carbocycles. The van der Waals surface area contributed by atoms with Gasteiger partial charge in [-0.05, 0) is 17.5 Å². The van der Waals surface area contributed by atoms with Gasteiger partial charge in [0, 0.05) is 23.5 Å². The first-order valence-electron chi connectivity index (χ1n) is 9.57. The third kappa shape index (κ3) is 6.05. The lowest BCUT2D eigenvalue weighted by Crippen LogP contribution is -2.55. The molecule has 2 aromatic rings. The summed E-state index contributed by atoms with van der Waals surface area (Å²) in [7, 11) is 0. The fourth-order valence-electron chi connectivity index (χ4n) is 2.99. The summed E-state index contributed by atoms with van der Waals surface area (Å²) >= 11 is 0. The number of fused-ring (bicyclic) bond motifs is 1. The van der Waals surface area contributed by atoms with E-state index >= 15 is 0 Å². The Kier molecular flexibility index (Phi) is 7.93. The average Bonchev–Trinajstić information content (AvgIpc) is 3.12. The summed E-state index contributed by atoms with van der Waals surface area (Å²) < 4.78 is 0. The van der Waals surface area contributed by atoms with Gasteiger partial charge in [0.05, 0.1) is 13.1 Å². The quantitative estimate of drug-likeness (QED) is 0.305. The van der Waals surface area contributed by atoms with E-state index in [1.54, 1.807) is 20.0 Å². The van der Waals surface area contributed by atoms with Crippen LogP contribution in [-0.4, -0.2) is 59.0 Å². The van der Waals surface area contributed by atoms with Crippen LogP contribution in [0.15, 0.2) is 30.5 Å². The molecule has 0 spiro atoms. The van der Waals surface area contributed by atoms with Gasteiger partial charge in [-0.1, -0.05) is 32.0 Å². The van der Waals surface area contributed by atoms with Crippen molar-refractivity contribution in [1.82, 2.24) is 20.9 Å². The monoisotopic (exact) mass is 417 g/mol. The number of H-pyrrole nitrogens is 1. The number of benzene rings is 1. The molecule has 30 heavy (non-hydrogen) atoms. The molecular weight excluding hydrogens is 390 g/mol. The van der Waals surface area contributed by atoms with Gasteiger partial charge >= 0.3 is 5.97 Å². The van der Waals surface area contributed by atoms with Crippen molar-refractivity contribution in [3.63, 3.8) is 0 Å². The van der Waals surface area contributed by atoms with E-state index in [2.05, 4.69) is 20.9 Å². The number of aromatic amines is 1. The number of nitrogens with one attached hydrogen (secondary N) is 4. The van der Waals surface area contributed by atoms with Crippen molar-refractivity contribution in [1.29, 1.82) is 0 Å². The number of nitrogens with two attached hydrogens (primary N) is 1. The minimum atomic E-state index is -1.18. The zero-order valence-electron chi connectivity index (χ0n) is 16.9. The average molecular weight is 417 g/mol. The normalized spacial score (nSPS) is 12.9. The van der Waals surface area contributed by atoms with Crippen molar-refractivity contribution in [2.24, 2.45) is 11.7 Å². The minimum absolute atomic E-state index is 0.0798. The van der Waals surface area contributed by atoms with Crippen molar-refractivity contribution < 1.29 is 24.3 Å². The van der Waals surface area contributed by atoms with Gasteiger partial charge in [0.15, 0.2) is 0 Å². The Morgan fingerprint density at radius 2 is 1.80 bits per heavy atom. The molecule has 1 aromatic carbocycles. The SMILES string of the molecule is CC(C)[C@H](NC(=O)CNC(=O)CN)C(=O)N[C@@H](Cc1c[nH]c2ccccc12)C(=O)O. The largest absolute Gasteiger partial charge is 0.480 e. The van der Waals surface area contributed by atoms with Gasteiger partial charge in [0.2, 0.25) is 17.7 Å². The van der Waals surface area contributed by atoms with Gasteiger partial charge in [-0.3, -0.25) is 14.4 Å². The summed E-state index contributed by atoms with van der Waals surface area (Å²) in [4.78, 5) is 50.8. The van der Waals surface area contributed by atoms with E-state index < -0.39 is 35.8 Å². The van der Waals surface area contributed by atoms with Crippen LogP contribution in [0.2, 0.25) is 0 Å². The zero-order chi connectivity index (χ0) is 22.3. The predicted octanol–water partition coefficient (Wildman–Crippen LogP) is -0.504. The summed E-state index contributed by atoms with van der Waals surface area (Å²) in [5.74, 6) is -3.18. The van der Waals surface area contributed by atoms with Crippen LogP contribution in [0.4, 0.5) is 0 Å². The molecule has 0 bridgehead atoms. The second-order valence-electron chi connectivity index (χ2n) is 7.23. The molecule has 10 heteroatoms. The lowest BCUT2D eigenvalue weighted by molar-refractivity contribution is -0.142. The molecule has 0 radical (unpaired) electrons. The molecule has 1 aromatic heterocycles. The number of carboxylic acid groups (broad SMARTS) is 1. The van der Waals surface area contributed by atoms with Gasteiger partial charge in [-0.2, -0.15) is 0 Å². The Hall–Kier alpha value is -3.40. The van der Waals surface area contributed by atoms with Gasteiger partial charge in [0.1, 0.15) is 12.1 Å². The van der Waals surface area contributed by atoms with E-state index in [1.807, 2.05) is 24.3 Å². The van der Waals surface area contributed by atoms with E-state index in [-0.39, 0.29) is 25.4 Å². The van der Waals surface area contributed by atoms with Crippen molar-refractivity contribution in [3.8, 4) is 0 Å². The van der Waals surface area contributed by atoms with Crippen LogP contribution in [0.5, 0.6) is 0 Å². The molecule has 2 atom stereocenters. The highest BCUT2D eigenvalue weighted by atomic mass is 16.4. The van der Waals surface area contributed by atoms with E-state index in [9.17, 15) is 24.3 Å². The number of rotatable bonds is 10. The molecule has 10 nitrogen and oxygen atoms in total. The van der Waals surface area contributed by atoms with Crippen LogP contribution in [0.1, 0.15) is 19.4 Å². The maximum atomic E-state index is 12.7. The Bertz CT molecular complexity index is 923. The number of hydrogen-bond acceptors (Lipinski definition) is 5. The molecule has 0 aliphatic heterocycles.